The maximum atomic E-state index is 12.4. The van der Waals surface area contributed by atoms with Crippen LogP contribution >= 0.6 is 23.4 Å². The van der Waals surface area contributed by atoms with Crippen molar-refractivity contribution in [1.29, 1.82) is 0 Å². The van der Waals surface area contributed by atoms with Gasteiger partial charge in [0.05, 0.1) is 15.7 Å². The maximum Gasteiger partial charge on any atom is 0.341 e. The van der Waals surface area contributed by atoms with Crippen LogP contribution < -0.4 is 5.32 Å². The third-order valence-corrected chi connectivity index (χ3v) is 5.59. The van der Waals surface area contributed by atoms with Crippen LogP contribution in [0.3, 0.4) is 0 Å². The normalized spacial score (nSPS) is 11.5. The molecule has 2 aromatic rings. The molecule has 128 valence electrons. The monoisotopic (exact) mass is 392 g/mol. The van der Waals surface area contributed by atoms with Crippen molar-refractivity contribution in [3.63, 3.8) is 0 Å². The van der Waals surface area contributed by atoms with Crippen LogP contribution in [0, 0.1) is 0 Å². The predicted octanol–water partition coefficient (Wildman–Crippen LogP) is 3.46. The molecule has 24 heavy (non-hydrogen) atoms. The molecule has 2 rings (SSSR count). The highest BCUT2D eigenvalue weighted by molar-refractivity contribution is 8.00. The third-order valence-electron chi connectivity index (χ3n) is 2.77. The first-order valence-corrected chi connectivity index (χ1v) is 9.37. The SMILES string of the molecule is O=C(CSc1ncccc1Cl)Nc1ccc(S(=O)(=O)C(F)F)cc1. The molecule has 0 aliphatic carbocycles. The number of amides is 1. The zero-order valence-electron chi connectivity index (χ0n) is 11.9. The largest absolute Gasteiger partial charge is 0.341 e. The van der Waals surface area contributed by atoms with Gasteiger partial charge in [-0.1, -0.05) is 23.4 Å². The molecule has 1 amide bonds. The number of sulfone groups is 1. The number of carbonyl (C=O) groups is 1. The molecule has 0 fully saturated rings. The summed E-state index contributed by atoms with van der Waals surface area (Å²) >= 11 is 7.06. The molecule has 0 unspecified atom stereocenters. The third kappa shape index (κ3) is 4.65. The molecule has 0 saturated heterocycles. The molecule has 0 saturated carbocycles. The number of rotatable bonds is 6. The van der Waals surface area contributed by atoms with Gasteiger partial charge in [0.15, 0.2) is 0 Å². The number of thioether (sulfide) groups is 1. The van der Waals surface area contributed by atoms with Crippen molar-refractivity contribution in [3.8, 4) is 0 Å². The Morgan fingerprint density at radius 3 is 2.50 bits per heavy atom. The zero-order chi connectivity index (χ0) is 17.7. The minimum atomic E-state index is -4.65. The summed E-state index contributed by atoms with van der Waals surface area (Å²) < 4.78 is 47.4. The number of aromatic nitrogens is 1. The number of hydrogen-bond acceptors (Lipinski definition) is 5. The minimum absolute atomic E-state index is 0.0355. The van der Waals surface area contributed by atoms with Crippen LogP contribution in [0.5, 0.6) is 0 Å². The molecular weight excluding hydrogens is 382 g/mol. The zero-order valence-corrected chi connectivity index (χ0v) is 14.3. The Morgan fingerprint density at radius 1 is 1.25 bits per heavy atom. The Bertz CT molecular complexity index is 830. The van der Waals surface area contributed by atoms with Gasteiger partial charge in [-0.25, -0.2) is 13.4 Å². The van der Waals surface area contributed by atoms with Gasteiger partial charge in [-0.3, -0.25) is 4.79 Å². The number of nitrogens with zero attached hydrogens (tertiary/aromatic N) is 1. The van der Waals surface area contributed by atoms with E-state index in [-0.39, 0.29) is 11.7 Å². The second kappa shape index (κ2) is 7.91. The standard InChI is InChI=1S/C14H11ClF2N2O3S2/c15-11-2-1-7-18-13(11)23-8-12(20)19-9-3-5-10(6-4-9)24(21,22)14(16)17/h1-7,14H,8H2,(H,19,20). The van der Waals surface area contributed by atoms with Crippen molar-refractivity contribution in [1.82, 2.24) is 4.98 Å². The van der Waals surface area contributed by atoms with E-state index in [9.17, 15) is 22.0 Å². The summed E-state index contributed by atoms with van der Waals surface area (Å²) in [5, 5.41) is 3.46. The van der Waals surface area contributed by atoms with E-state index in [1.807, 2.05) is 0 Å². The summed E-state index contributed by atoms with van der Waals surface area (Å²) in [6.07, 6.45) is 1.55. The Balaban J connectivity index is 1.96. The van der Waals surface area contributed by atoms with E-state index in [4.69, 9.17) is 11.6 Å². The highest BCUT2D eigenvalue weighted by Crippen LogP contribution is 2.24. The molecule has 1 aromatic heterocycles. The van der Waals surface area contributed by atoms with E-state index in [2.05, 4.69) is 10.3 Å². The van der Waals surface area contributed by atoms with Gasteiger partial charge in [0.2, 0.25) is 15.7 Å². The molecule has 1 aromatic carbocycles. The first-order chi connectivity index (χ1) is 11.3. The van der Waals surface area contributed by atoms with Crippen LogP contribution in [0.15, 0.2) is 52.5 Å². The number of alkyl halides is 2. The predicted molar refractivity (Wildman–Crippen MR) is 88.2 cm³/mol. The summed E-state index contributed by atoms with van der Waals surface area (Å²) in [5.41, 5.74) is 0.293. The Hall–Kier alpha value is -1.71. The molecule has 0 spiro atoms. The van der Waals surface area contributed by atoms with Gasteiger partial charge in [0.1, 0.15) is 5.03 Å². The highest BCUT2D eigenvalue weighted by Gasteiger charge is 2.26. The second-order valence-corrected chi connectivity index (χ2v) is 7.75. The van der Waals surface area contributed by atoms with Gasteiger partial charge in [-0.05, 0) is 36.4 Å². The quantitative estimate of drug-likeness (QED) is 0.762. The van der Waals surface area contributed by atoms with Crippen LogP contribution in [0.25, 0.3) is 0 Å². The minimum Gasteiger partial charge on any atom is -0.325 e. The first kappa shape index (κ1) is 18.6. The summed E-state index contributed by atoms with van der Waals surface area (Å²) in [6.45, 7) is 0. The maximum absolute atomic E-state index is 12.4. The fourth-order valence-corrected chi connectivity index (χ4v) is 3.33. The van der Waals surface area contributed by atoms with E-state index in [0.717, 1.165) is 23.9 Å². The lowest BCUT2D eigenvalue weighted by molar-refractivity contribution is -0.113. The van der Waals surface area contributed by atoms with Crippen molar-refractivity contribution >= 4 is 44.8 Å². The fourth-order valence-electron chi connectivity index (χ4n) is 1.64. The number of nitrogens with one attached hydrogen (secondary N) is 1. The van der Waals surface area contributed by atoms with E-state index >= 15 is 0 Å². The molecule has 5 nitrogen and oxygen atoms in total. The van der Waals surface area contributed by atoms with Gasteiger partial charge in [0.25, 0.3) is 0 Å². The molecule has 10 heteroatoms. The van der Waals surface area contributed by atoms with Gasteiger partial charge in [0, 0.05) is 11.9 Å². The number of halogens is 3. The van der Waals surface area contributed by atoms with Gasteiger partial charge in [-0.2, -0.15) is 8.78 Å². The average Bonchev–Trinajstić information content (AvgIpc) is 2.54. The number of benzene rings is 1. The van der Waals surface area contributed by atoms with Crippen LogP contribution in [-0.4, -0.2) is 30.8 Å². The molecule has 0 aliphatic heterocycles. The average molecular weight is 393 g/mol. The number of anilines is 1. The Morgan fingerprint density at radius 2 is 1.92 bits per heavy atom. The van der Waals surface area contributed by atoms with Gasteiger partial charge >= 0.3 is 5.76 Å². The fraction of sp³-hybridized carbons (Fsp3) is 0.143. The van der Waals surface area contributed by atoms with Crippen molar-refractivity contribution < 1.29 is 22.0 Å². The van der Waals surface area contributed by atoms with Crippen LogP contribution in [-0.2, 0) is 14.6 Å². The van der Waals surface area contributed by atoms with Crippen LogP contribution in [0.4, 0.5) is 14.5 Å². The molecule has 0 atom stereocenters. The lowest BCUT2D eigenvalue weighted by Gasteiger charge is -2.07. The van der Waals surface area contributed by atoms with Crippen LogP contribution in [0.1, 0.15) is 0 Å². The summed E-state index contributed by atoms with van der Waals surface area (Å²) in [6, 6.07) is 7.83. The highest BCUT2D eigenvalue weighted by atomic mass is 35.5. The van der Waals surface area contributed by atoms with Crippen molar-refractivity contribution in [2.45, 2.75) is 15.7 Å². The molecule has 1 heterocycles. The summed E-state index contributed by atoms with van der Waals surface area (Å²) in [5.74, 6) is -3.82. The van der Waals surface area contributed by atoms with Gasteiger partial charge < -0.3 is 5.32 Å². The lowest BCUT2D eigenvalue weighted by Crippen LogP contribution is -2.15. The van der Waals surface area contributed by atoms with E-state index in [1.54, 1.807) is 18.3 Å². The molecule has 0 radical (unpaired) electrons. The Kier molecular flexibility index (Phi) is 6.14. The van der Waals surface area contributed by atoms with Crippen LogP contribution in [0.2, 0.25) is 5.02 Å². The van der Waals surface area contributed by atoms with E-state index in [1.165, 1.54) is 12.1 Å². The first-order valence-electron chi connectivity index (χ1n) is 6.46. The Labute approximate surface area is 146 Å². The van der Waals surface area contributed by atoms with E-state index < -0.39 is 20.5 Å². The molecule has 0 bridgehead atoms. The summed E-state index contributed by atoms with van der Waals surface area (Å²) in [4.78, 5) is 15.4. The molecular formula is C14H11ClF2N2O3S2. The molecule has 1 N–H and O–H groups in total. The molecule has 0 aliphatic rings. The summed E-state index contributed by atoms with van der Waals surface area (Å²) in [7, 11) is -4.65. The number of hydrogen-bond donors (Lipinski definition) is 1. The lowest BCUT2D eigenvalue weighted by atomic mass is 10.3. The second-order valence-electron chi connectivity index (χ2n) is 4.46. The smallest absolute Gasteiger partial charge is 0.325 e. The van der Waals surface area contributed by atoms with Crippen molar-refractivity contribution in [3.05, 3.63) is 47.6 Å². The topological polar surface area (TPSA) is 76.1 Å². The van der Waals surface area contributed by atoms with Crippen molar-refractivity contribution in [2.75, 3.05) is 11.1 Å². The van der Waals surface area contributed by atoms with Crippen molar-refractivity contribution in [2.24, 2.45) is 0 Å². The van der Waals surface area contributed by atoms with Gasteiger partial charge in [-0.15, -0.1) is 0 Å². The number of carbonyl (C=O) groups excluding carboxylic acids is 1. The number of pyridine rings is 1. The van der Waals surface area contributed by atoms with E-state index in [0.29, 0.717) is 15.7 Å².